The zero-order valence-corrected chi connectivity index (χ0v) is 13.5. The molecule has 0 aliphatic carbocycles. The van der Waals surface area contributed by atoms with Gasteiger partial charge in [-0.1, -0.05) is 13.8 Å². The van der Waals surface area contributed by atoms with Crippen molar-refractivity contribution in [2.24, 2.45) is 0 Å². The number of nitrogens with zero attached hydrogens (tertiary/aromatic N) is 1. The van der Waals surface area contributed by atoms with Gasteiger partial charge in [0.2, 0.25) is 5.91 Å². The summed E-state index contributed by atoms with van der Waals surface area (Å²) in [4.78, 5) is 13.3. The topological polar surface area (TPSA) is 67.9 Å². The summed E-state index contributed by atoms with van der Waals surface area (Å²) in [7, 11) is -3.04. The minimum Gasteiger partial charge on any atom is -0.341 e. The van der Waals surface area contributed by atoms with E-state index in [9.17, 15) is 9.36 Å². The number of rotatable bonds is 11. The Bertz CT molecular complexity index is 326. The highest BCUT2D eigenvalue weighted by Crippen LogP contribution is 2.47. The fourth-order valence-electron chi connectivity index (χ4n) is 1.96. The molecule has 0 bridgehead atoms. The van der Waals surface area contributed by atoms with Crippen LogP contribution in [-0.2, 0) is 18.4 Å². The Labute approximate surface area is 121 Å². The van der Waals surface area contributed by atoms with Crippen molar-refractivity contribution in [3.8, 4) is 0 Å². The average molecular weight is 306 g/mol. The van der Waals surface area contributed by atoms with Crippen LogP contribution in [0.15, 0.2) is 0 Å². The molecule has 0 aromatic heterocycles. The van der Waals surface area contributed by atoms with E-state index < -0.39 is 7.60 Å². The molecule has 0 aromatic rings. The second-order valence-electron chi connectivity index (χ2n) is 4.92. The van der Waals surface area contributed by atoms with E-state index >= 15 is 0 Å². The van der Waals surface area contributed by atoms with Crippen molar-refractivity contribution in [2.75, 3.05) is 39.1 Å². The van der Waals surface area contributed by atoms with Gasteiger partial charge in [-0.2, -0.15) is 0 Å². The average Bonchev–Trinajstić information content (AvgIpc) is 2.85. The van der Waals surface area contributed by atoms with Crippen LogP contribution in [0.5, 0.6) is 0 Å². The zero-order valence-electron chi connectivity index (χ0n) is 12.6. The van der Waals surface area contributed by atoms with Crippen molar-refractivity contribution in [3.05, 3.63) is 0 Å². The Morgan fingerprint density at radius 2 is 1.90 bits per heavy atom. The molecular formula is C13H27N2O4P. The standard InChI is InChI=1S/C13H27N2O4P/c1-3-10-18-20(17,19-11-4-2)12-14-7-9-15-8-5-6-13(15)16/h14H,3-12H2,1-2H3. The molecule has 7 heteroatoms. The monoisotopic (exact) mass is 306 g/mol. The number of hydrogen-bond acceptors (Lipinski definition) is 5. The van der Waals surface area contributed by atoms with Crippen molar-refractivity contribution in [3.63, 3.8) is 0 Å². The van der Waals surface area contributed by atoms with Gasteiger partial charge in [0.1, 0.15) is 0 Å². The molecule has 1 fully saturated rings. The SMILES string of the molecule is CCCOP(=O)(CNCCN1CCCC1=O)OCCC. The van der Waals surface area contributed by atoms with E-state index in [2.05, 4.69) is 5.32 Å². The molecule has 0 saturated carbocycles. The van der Waals surface area contributed by atoms with E-state index in [4.69, 9.17) is 9.05 Å². The largest absolute Gasteiger partial charge is 0.344 e. The molecule has 1 amide bonds. The third-order valence-corrected chi connectivity index (χ3v) is 4.78. The normalized spacial score (nSPS) is 16.1. The van der Waals surface area contributed by atoms with Crippen LogP contribution in [0.3, 0.4) is 0 Å². The number of amides is 1. The molecule has 0 radical (unpaired) electrons. The predicted molar refractivity (Wildman–Crippen MR) is 78.8 cm³/mol. The van der Waals surface area contributed by atoms with Crippen LogP contribution in [0.1, 0.15) is 39.5 Å². The minimum atomic E-state index is -3.04. The summed E-state index contributed by atoms with van der Waals surface area (Å²) in [6.45, 7) is 6.91. The Balaban J connectivity index is 2.26. The van der Waals surface area contributed by atoms with E-state index in [-0.39, 0.29) is 12.2 Å². The van der Waals surface area contributed by atoms with E-state index in [1.165, 1.54) is 0 Å². The molecule has 118 valence electrons. The predicted octanol–water partition coefficient (Wildman–Crippen LogP) is 2.20. The maximum Gasteiger partial charge on any atom is 0.344 e. The van der Waals surface area contributed by atoms with Crippen LogP contribution in [0.2, 0.25) is 0 Å². The van der Waals surface area contributed by atoms with Gasteiger partial charge in [0.15, 0.2) is 0 Å². The Morgan fingerprint density at radius 3 is 2.40 bits per heavy atom. The first kappa shape index (κ1) is 17.6. The van der Waals surface area contributed by atoms with Gasteiger partial charge >= 0.3 is 7.60 Å². The maximum atomic E-state index is 12.4. The highest BCUT2D eigenvalue weighted by atomic mass is 31.2. The summed E-state index contributed by atoms with van der Waals surface area (Å²) in [5.41, 5.74) is 0. The van der Waals surface area contributed by atoms with Crippen LogP contribution in [0, 0.1) is 0 Å². The van der Waals surface area contributed by atoms with Gasteiger partial charge < -0.3 is 19.3 Å². The fourth-order valence-corrected chi connectivity index (χ4v) is 3.57. The van der Waals surface area contributed by atoms with Gasteiger partial charge in [0.25, 0.3) is 0 Å². The smallest absolute Gasteiger partial charge is 0.341 e. The molecule has 0 unspecified atom stereocenters. The lowest BCUT2D eigenvalue weighted by Crippen LogP contribution is -2.33. The fraction of sp³-hybridized carbons (Fsp3) is 0.923. The first-order chi connectivity index (χ1) is 9.61. The second-order valence-corrected chi connectivity index (χ2v) is 6.97. The van der Waals surface area contributed by atoms with Crippen molar-refractivity contribution < 1.29 is 18.4 Å². The lowest BCUT2D eigenvalue weighted by atomic mass is 10.4. The molecule has 6 nitrogen and oxygen atoms in total. The second kappa shape index (κ2) is 9.50. The molecule has 1 aliphatic heterocycles. The molecule has 1 N–H and O–H groups in total. The molecular weight excluding hydrogens is 279 g/mol. The number of nitrogens with one attached hydrogen (secondary N) is 1. The Hall–Kier alpha value is -0.420. The van der Waals surface area contributed by atoms with Crippen LogP contribution in [0.4, 0.5) is 0 Å². The van der Waals surface area contributed by atoms with Crippen molar-refractivity contribution in [1.82, 2.24) is 10.2 Å². The number of likely N-dealkylation sites (tertiary alicyclic amines) is 1. The van der Waals surface area contributed by atoms with Gasteiger partial charge in [-0.3, -0.25) is 9.36 Å². The van der Waals surface area contributed by atoms with Gasteiger partial charge in [-0.25, -0.2) is 0 Å². The molecule has 1 aliphatic rings. The van der Waals surface area contributed by atoms with Crippen LogP contribution >= 0.6 is 7.60 Å². The summed E-state index contributed by atoms with van der Waals surface area (Å²) in [5, 5.41) is 3.08. The Kier molecular flexibility index (Phi) is 8.38. The number of carbonyl (C=O) groups excluding carboxylic acids is 1. The molecule has 0 atom stereocenters. The number of carbonyl (C=O) groups is 1. The van der Waals surface area contributed by atoms with Crippen molar-refractivity contribution in [2.45, 2.75) is 39.5 Å². The first-order valence-corrected chi connectivity index (χ1v) is 9.20. The summed E-state index contributed by atoms with van der Waals surface area (Å²) >= 11 is 0. The summed E-state index contributed by atoms with van der Waals surface area (Å²) < 4.78 is 23.1. The lowest BCUT2D eigenvalue weighted by molar-refractivity contribution is -0.127. The highest BCUT2D eigenvalue weighted by Gasteiger charge is 2.24. The molecule has 1 saturated heterocycles. The van der Waals surface area contributed by atoms with Crippen molar-refractivity contribution >= 4 is 13.5 Å². The van der Waals surface area contributed by atoms with Gasteiger partial charge in [-0.15, -0.1) is 0 Å². The molecule has 1 heterocycles. The highest BCUT2D eigenvalue weighted by molar-refractivity contribution is 7.53. The molecule has 1 rings (SSSR count). The van der Waals surface area contributed by atoms with Crippen LogP contribution in [0.25, 0.3) is 0 Å². The van der Waals surface area contributed by atoms with Gasteiger partial charge in [0, 0.05) is 26.1 Å². The maximum absolute atomic E-state index is 12.4. The summed E-state index contributed by atoms with van der Waals surface area (Å²) in [6, 6.07) is 0. The molecule has 0 spiro atoms. The summed E-state index contributed by atoms with van der Waals surface area (Å²) in [6.07, 6.45) is 3.41. The van der Waals surface area contributed by atoms with Gasteiger partial charge in [-0.05, 0) is 19.3 Å². The first-order valence-electron chi connectivity index (χ1n) is 7.48. The Morgan fingerprint density at radius 1 is 1.25 bits per heavy atom. The quantitative estimate of drug-likeness (QED) is 0.468. The van der Waals surface area contributed by atoms with Gasteiger partial charge in [0.05, 0.1) is 19.5 Å². The minimum absolute atomic E-state index is 0.203. The third kappa shape index (κ3) is 6.35. The summed E-state index contributed by atoms with van der Waals surface area (Å²) in [5.74, 6) is 0.208. The van der Waals surface area contributed by atoms with Crippen molar-refractivity contribution in [1.29, 1.82) is 0 Å². The zero-order chi connectivity index (χ0) is 14.8. The van der Waals surface area contributed by atoms with E-state index in [0.29, 0.717) is 32.7 Å². The number of hydrogen-bond donors (Lipinski definition) is 1. The molecule has 20 heavy (non-hydrogen) atoms. The van der Waals surface area contributed by atoms with E-state index in [0.717, 1.165) is 25.8 Å². The lowest BCUT2D eigenvalue weighted by Gasteiger charge is -2.20. The van der Waals surface area contributed by atoms with E-state index in [1.54, 1.807) is 0 Å². The van der Waals surface area contributed by atoms with Crippen LogP contribution in [-0.4, -0.2) is 49.9 Å². The third-order valence-electron chi connectivity index (χ3n) is 3.02. The van der Waals surface area contributed by atoms with E-state index in [1.807, 2.05) is 18.7 Å². The molecule has 0 aromatic carbocycles. The van der Waals surface area contributed by atoms with Crippen LogP contribution < -0.4 is 5.32 Å².